The topological polar surface area (TPSA) is 86.3 Å². The van der Waals surface area contributed by atoms with Crippen LogP contribution in [0.3, 0.4) is 0 Å². The normalized spacial score (nSPS) is 10.8. The van der Waals surface area contributed by atoms with Gasteiger partial charge < -0.3 is 10.1 Å². The zero-order valence-corrected chi connectivity index (χ0v) is 18.1. The quantitative estimate of drug-likeness (QED) is 0.450. The van der Waals surface area contributed by atoms with Crippen LogP contribution in [0.25, 0.3) is 16.9 Å². The number of nitrogens with one attached hydrogen (secondary N) is 1. The molecule has 0 unspecified atom stereocenters. The van der Waals surface area contributed by atoms with E-state index >= 15 is 0 Å². The van der Waals surface area contributed by atoms with Gasteiger partial charge in [-0.1, -0.05) is 23.3 Å². The van der Waals surface area contributed by atoms with Crippen molar-refractivity contribution in [2.45, 2.75) is 20.4 Å². The van der Waals surface area contributed by atoms with Crippen molar-refractivity contribution in [1.82, 2.24) is 24.4 Å². The van der Waals surface area contributed by atoms with Gasteiger partial charge in [-0.15, -0.1) is 0 Å². The number of hydrogen-bond donors (Lipinski definition) is 1. The van der Waals surface area contributed by atoms with E-state index in [1.165, 1.54) is 11.8 Å². The Morgan fingerprint density at radius 3 is 2.94 bits per heavy atom. The first-order valence-electron chi connectivity index (χ1n) is 9.60. The Labute approximate surface area is 184 Å². The third-order valence-corrected chi connectivity index (χ3v) is 4.87. The van der Waals surface area contributed by atoms with Crippen LogP contribution >= 0.6 is 11.6 Å². The second-order valence-corrected chi connectivity index (χ2v) is 7.58. The van der Waals surface area contributed by atoms with Gasteiger partial charge in [-0.05, 0) is 38.1 Å². The summed E-state index contributed by atoms with van der Waals surface area (Å²) in [6, 6.07) is 7.03. The van der Waals surface area contributed by atoms with Gasteiger partial charge in [-0.25, -0.2) is 9.50 Å². The minimum atomic E-state index is -0.335. The molecule has 158 valence electrons. The molecule has 0 saturated carbocycles. The predicted molar refractivity (Wildman–Crippen MR) is 120 cm³/mol. The van der Waals surface area contributed by atoms with Gasteiger partial charge in [0, 0.05) is 29.2 Å². The van der Waals surface area contributed by atoms with Crippen LogP contribution < -0.4 is 10.1 Å². The molecule has 0 atom stereocenters. The molecule has 1 N–H and O–H groups in total. The van der Waals surface area contributed by atoms with Gasteiger partial charge >= 0.3 is 0 Å². The van der Waals surface area contributed by atoms with Gasteiger partial charge in [0.1, 0.15) is 17.0 Å². The van der Waals surface area contributed by atoms with Crippen LogP contribution in [0, 0.1) is 0 Å². The molecular formula is C22H21ClN6O2. The van der Waals surface area contributed by atoms with Crippen LogP contribution in [0.1, 0.15) is 24.2 Å². The zero-order chi connectivity index (χ0) is 22.0. The molecule has 9 heteroatoms. The standard InChI is InChI=1S/C22H21ClN6O2/c1-14(2)7-10-28-13-18(20(27-28)16-11-15(23)5-6-19(16)31-3)26-22(30)17-12-25-29-9-4-8-24-21(17)29/h4-9,11-13H,10H2,1-3H3,(H,26,30). The first-order valence-corrected chi connectivity index (χ1v) is 9.98. The van der Waals surface area contributed by atoms with E-state index in [4.69, 9.17) is 16.3 Å². The van der Waals surface area contributed by atoms with E-state index in [1.807, 2.05) is 19.9 Å². The number of aromatic nitrogens is 5. The van der Waals surface area contributed by atoms with E-state index in [2.05, 4.69) is 20.5 Å². The molecule has 0 aliphatic carbocycles. The lowest BCUT2D eigenvalue weighted by atomic mass is 10.1. The number of carbonyl (C=O) groups excluding carboxylic acids is 1. The molecule has 0 saturated heterocycles. The van der Waals surface area contributed by atoms with E-state index in [1.54, 1.807) is 59.2 Å². The molecule has 8 nitrogen and oxygen atoms in total. The highest BCUT2D eigenvalue weighted by molar-refractivity contribution is 6.31. The summed E-state index contributed by atoms with van der Waals surface area (Å²) in [5, 5.41) is 12.4. The van der Waals surface area contributed by atoms with Gasteiger partial charge in [0.25, 0.3) is 5.91 Å². The van der Waals surface area contributed by atoms with Gasteiger partial charge in [0.2, 0.25) is 0 Å². The van der Waals surface area contributed by atoms with Gasteiger partial charge in [-0.2, -0.15) is 10.2 Å². The van der Waals surface area contributed by atoms with E-state index in [0.29, 0.717) is 45.5 Å². The minimum Gasteiger partial charge on any atom is -0.496 e. The maximum Gasteiger partial charge on any atom is 0.261 e. The fourth-order valence-electron chi connectivity index (χ4n) is 3.12. The number of carbonyl (C=O) groups is 1. The monoisotopic (exact) mass is 436 g/mol. The number of amides is 1. The highest BCUT2D eigenvalue weighted by Gasteiger charge is 2.20. The van der Waals surface area contributed by atoms with Gasteiger partial charge in [0.05, 0.1) is 25.5 Å². The Balaban J connectivity index is 1.76. The molecule has 31 heavy (non-hydrogen) atoms. The zero-order valence-electron chi connectivity index (χ0n) is 17.3. The van der Waals surface area contributed by atoms with Crippen molar-refractivity contribution in [1.29, 1.82) is 0 Å². The fourth-order valence-corrected chi connectivity index (χ4v) is 3.30. The SMILES string of the molecule is COc1ccc(Cl)cc1-c1nn(CC=C(C)C)cc1NC(=O)c1cnn2cccnc12. The second kappa shape index (κ2) is 8.61. The summed E-state index contributed by atoms with van der Waals surface area (Å²) in [5.74, 6) is 0.266. The van der Waals surface area contributed by atoms with Crippen molar-refractivity contribution in [2.75, 3.05) is 12.4 Å². The number of fused-ring (bicyclic) bond motifs is 1. The Morgan fingerprint density at radius 1 is 1.32 bits per heavy atom. The summed E-state index contributed by atoms with van der Waals surface area (Å²) in [6.45, 7) is 4.60. The lowest BCUT2D eigenvalue weighted by Gasteiger charge is -2.09. The fraction of sp³-hybridized carbons (Fsp3) is 0.182. The third-order valence-electron chi connectivity index (χ3n) is 4.64. The summed E-state index contributed by atoms with van der Waals surface area (Å²) in [6.07, 6.45) is 8.68. The second-order valence-electron chi connectivity index (χ2n) is 7.14. The number of methoxy groups -OCH3 is 1. The molecule has 1 amide bonds. The first-order chi connectivity index (χ1) is 15.0. The smallest absolute Gasteiger partial charge is 0.261 e. The first kappa shape index (κ1) is 20.6. The molecule has 3 heterocycles. The van der Waals surface area contributed by atoms with Gasteiger partial charge in [0.15, 0.2) is 5.65 Å². The summed E-state index contributed by atoms with van der Waals surface area (Å²) >= 11 is 6.23. The Kier molecular flexibility index (Phi) is 5.73. The van der Waals surface area contributed by atoms with Crippen molar-refractivity contribution in [3.63, 3.8) is 0 Å². The molecule has 3 aromatic heterocycles. The molecule has 4 rings (SSSR count). The van der Waals surface area contributed by atoms with E-state index in [9.17, 15) is 4.79 Å². The van der Waals surface area contributed by atoms with Crippen molar-refractivity contribution in [2.24, 2.45) is 0 Å². The van der Waals surface area contributed by atoms with Crippen LogP contribution in [0.4, 0.5) is 5.69 Å². The van der Waals surface area contributed by atoms with Crippen molar-refractivity contribution in [3.05, 3.63) is 71.3 Å². The molecule has 0 spiro atoms. The molecule has 1 aromatic carbocycles. The highest BCUT2D eigenvalue weighted by atomic mass is 35.5. The third kappa shape index (κ3) is 4.29. The Hall–Kier alpha value is -3.65. The molecule has 0 fully saturated rings. The molecular weight excluding hydrogens is 416 g/mol. The van der Waals surface area contributed by atoms with Crippen molar-refractivity contribution < 1.29 is 9.53 Å². The van der Waals surface area contributed by atoms with Crippen LogP contribution in [0.2, 0.25) is 5.02 Å². The van der Waals surface area contributed by atoms with E-state index in [-0.39, 0.29) is 5.91 Å². The summed E-state index contributed by atoms with van der Waals surface area (Å²) < 4.78 is 8.80. The van der Waals surface area contributed by atoms with E-state index in [0.717, 1.165) is 0 Å². The van der Waals surface area contributed by atoms with Crippen LogP contribution in [-0.4, -0.2) is 37.4 Å². The summed E-state index contributed by atoms with van der Waals surface area (Å²) in [7, 11) is 1.58. The van der Waals surface area contributed by atoms with Crippen molar-refractivity contribution >= 4 is 28.8 Å². The van der Waals surface area contributed by atoms with Crippen LogP contribution in [-0.2, 0) is 6.54 Å². The number of rotatable bonds is 6. The largest absolute Gasteiger partial charge is 0.496 e. The molecule has 0 aliphatic rings. The number of allylic oxidation sites excluding steroid dienone is 2. The van der Waals surface area contributed by atoms with E-state index < -0.39 is 0 Å². The van der Waals surface area contributed by atoms with Crippen LogP contribution in [0.5, 0.6) is 5.75 Å². The number of hydrogen-bond acceptors (Lipinski definition) is 5. The highest BCUT2D eigenvalue weighted by Crippen LogP contribution is 2.36. The Bertz CT molecular complexity index is 1290. The van der Waals surface area contributed by atoms with Gasteiger partial charge in [-0.3, -0.25) is 9.48 Å². The predicted octanol–water partition coefficient (Wildman–Crippen LogP) is 4.47. The molecule has 0 aliphatic heterocycles. The lowest BCUT2D eigenvalue weighted by Crippen LogP contribution is -2.12. The number of anilines is 1. The molecule has 4 aromatic rings. The Morgan fingerprint density at radius 2 is 2.16 bits per heavy atom. The average molecular weight is 437 g/mol. The molecule has 0 radical (unpaired) electrons. The number of ether oxygens (including phenoxy) is 1. The average Bonchev–Trinajstić information content (AvgIpc) is 3.36. The number of halogens is 1. The minimum absolute atomic E-state index is 0.335. The maximum atomic E-state index is 13.1. The summed E-state index contributed by atoms with van der Waals surface area (Å²) in [4.78, 5) is 17.3. The number of benzene rings is 1. The summed E-state index contributed by atoms with van der Waals surface area (Å²) in [5.41, 5.74) is 3.77. The van der Waals surface area contributed by atoms with Crippen molar-refractivity contribution in [3.8, 4) is 17.0 Å². The number of nitrogens with zero attached hydrogens (tertiary/aromatic N) is 5. The maximum absolute atomic E-state index is 13.1. The lowest BCUT2D eigenvalue weighted by molar-refractivity contribution is 0.102. The molecule has 0 bridgehead atoms. The van der Waals surface area contributed by atoms with Crippen LogP contribution in [0.15, 0.2) is 60.7 Å².